The van der Waals surface area contributed by atoms with Crippen LogP contribution < -0.4 is 0 Å². The molecular formula is C13H18O5S. The summed E-state index contributed by atoms with van der Waals surface area (Å²) in [5.74, 6) is -0.262. The Labute approximate surface area is 113 Å². The molecule has 0 saturated carbocycles. The minimum Gasteiger partial charge on any atom is -0.469 e. The first-order valence-corrected chi connectivity index (χ1v) is 7.72. The predicted molar refractivity (Wildman–Crippen MR) is 71.3 cm³/mol. The number of carbonyl (C=O) groups is 1. The minimum absolute atomic E-state index is 0.105. The second kappa shape index (κ2) is 7.25. The zero-order valence-electron chi connectivity index (χ0n) is 11.1. The quantitative estimate of drug-likeness (QED) is 0.558. The van der Waals surface area contributed by atoms with Gasteiger partial charge in [0.15, 0.2) is 0 Å². The van der Waals surface area contributed by atoms with Gasteiger partial charge in [0.25, 0.3) is 10.1 Å². The number of methoxy groups -OCH3 is 1. The Morgan fingerprint density at radius 3 is 2.26 bits per heavy atom. The van der Waals surface area contributed by atoms with Crippen LogP contribution in [0.2, 0.25) is 0 Å². The normalized spacial score (nSPS) is 11.3. The van der Waals surface area contributed by atoms with Gasteiger partial charge in [0, 0.05) is 6.42 Å². The fourth-order valence-corrected chi connectivity index (χ4v) is 2.07. The monoisotopic (exact) mass is 286 g/mol. The van der Waals surface area contributed by atoms with E-state index in [1.54, 1.807) is 0 Å². The molecule has 1 rings (SSSR count). The molecule has 5 nitrogen and oxygen atoms in total. The van der Waals surface area contributed by atoms with E-state index in [2.05, 4.69) is 4.74 Å². The summed E-state index contributed by atoms with van der Waals surface area (Å²) >= 11 is 0. The van der Waals surface area contributed by atoms with Crippen LogP contribution in [0, 0.1) is 0 Å². The van der Waals surface area contributed by atoms with Crippen LogP contribution in [0.4, 0.5) is 0 Å². The number of benzene rings is 1. The van der Waals surface area contributed by atoms with Gasteiger partial charge in [-0.25, -0.2) is 0 Å². The molecule has 0 aliphatic heterocycles. The highest BCUT2D eigenvalue weighted by atomic mass is 32.2. The molecule has 0 aliphatic rings. The maximum Gasteiger partial charge on any atom is 0.305 e. The molecule has 0 unspecified atom stereocenters. The first-order chi connectivity index (χ1) is 8.92. The number of ether oxygens (including phenoxy) is 1. The summed E-state index contributed by atoms with van der Waals surface area (Å²) in [5, 5.41) is 0. The van der Waals surface area contributed by atoms with E-state index in [4.69, 9.17) is 4.18 Å². The summed E-state index contributed by atoms with van der Waals surface area (Å²) in [5.41, 5.74) is 1.99. The smallest absolute Gasteiger partial charge is 0.305 e. The van der Waals surface area contributed by atoms with Crippen molar-refractivity contribution in [3.63, 3.8) is 0 Å². The van der Waals surface area contributed by atoms with E-state index in [9.17, 15) is 13.2 Å². The Morgan fingerprint density at radius 1 is 1.16 bits per heavy atom. The maximum atomic E-state index is 11.1. The van der Waals surface area contributed by atoms with E-state index >= 15 is 0 Å². The van der Waals surface area contributed by atoms with Gasteiger partial charge in [-0.2, -0.15) is 8.42 Å². The van der Waals surface area contributed by atoms with E-state index in [0.29, 0.717) is 19.3 Å². The summed E-state index contributed by atoms with van der Waals surface area (Å²) in [6.45, 7) is 0.105. The van der Waals surface area contributed by atoms with Crippen LogP contribution in [0.5, 0.6) is 0 Å². The van der Waals surface area contributed by atoms with Gasteiger partial charge in [-0.3, -0.25) is 8.98 Å². The molecule has 0 radical (unpaired) electrons. The van der Waals surface area contributed by atoms with Gasteiger partial charge in [-0.1, -0.05) is 24.3 Å². The summed E-state index contributed by atoms with van der Waals surface area (Å²) in [4.78, 5) is 11.1. The Balaban J connectivity index is 2.60. The van der Waals surface area contributed by atoms with Crippen LogP contribution in [0.1, 0.15) is 17.5 Å². The highest BCUT2D eigenvalue weighted by molar-refractivity contribution is 7.85. The molecule has 0 aliphatic carbocycles. The topological polar surface area (TPSA) is 69.7 Å². The molecule has 0 bridgehead atoms. The lowest BCUT2D eigenvalue weighted by Gasteiger charge is -2.08. The van der Waals surface area contributed by atoms with Crippen molar-refractivity contribution in [2.75, 3.05) is 20.0 Å². The zero-order valence-corrected chi connectivity index (χ0v) is 11.9. The van der Waals surface area contributed by atoms with Gasteiger partial charge in [-0.15, -0.1) is 0 Å². The third-order valence-electron chi connectivity index (χ3n) is 2.61. The highest BCUT2D eigenvalue weighted by Gasteiger charge is 2.07. The lowest BCUT2D eigenvalue weighted by Crippen LogP contribution is -2.08. The molecule has 0 heterocycles. The molecule has 1 aromatic rings. The van der Waals surface area contributed by atoms with Crippen molar-refractivity contribution in [1.29, 1.82) is 0 Å². The first kappa shape index (κ1) is 15.7. The molecule has 0 amide bonds. The molecule has 0 fully saturated rings. The Bertz CT molecular complexity index is 522. The fourth-order valence-electron chi connectivity index (χ4n) is 1.69. The van der Waals surface area contributed by atoms with Crippen LogP contribution in [0.3, 0.4) is 0 Å². The number of carbonyl (C=O) groups excluding carboxylic acids is 1. The van der Waals surface area contributed by atoms with Crippen molar-refractivity contribution >= 4 is 16.1 Å². The van der Waals surface area contributed by atoms with Crippen LogP contribution in [-0.2, 0) is 36.7 Å². The van der Waals surface area contributed by atoms with Gasteiger partial charge in [-0.05, 0) is 24.0 Å². The van der Waals surface area contributed by atoms with Crippen molar-refractivity contribution in [3.05, 3.63) is 35.4 Å². The zero-order chi connectivity index (χ0) is 14.3. The average Bonchev–Trinajstić information content (AvgIpc) is 2.35. The largest absolute Gasteiger partial charge is 0.469 e. The van der Waals surface area contributed by atoms with Crippen LogP contribution in [-0.4, -0.2) is 34.4 Å². The Kier molecular flexibility index (Phi) is 5.98. The summed E-state index contributed by atoms with van der Waals surface area (Å²) in [6, 6.07) is 7.57. The van der Waals surface area contributed by atoms with Gasteiger partial charge in [0.05, 0.1) is 20.0 Å². The van der Waals surface area contributed by atoms with E-state index in [0.717, 1.165) is 17.4 Å². The van der Waals surface area contributed by atoms with Crippen molar-refractivity contribution < 1.29 is 22.1 Å². The third kappa shape index (κ3) is 6.35. The molecule has 0 spiro atoms. The number of rotatable bonds is 7. The lowest BCUT2D eigenvalue weighted by atomic mass is 10.0. The molecule has 0 atom stereocenters. The van der Waals surface area contributed by atoms with Crippen molar-refractivity contribution in [2.45, 2.75) is 19.3 Å². The molecule has 0 saturated heterocycles. The second-order valence-electron chi connectivity index (χ2n) is 4.12. The van der Waals surface area contributed by atoms with Gasteiger partial charge >= 0.3 is 5.97 Å². The summed E-state index contributed by atoms with van der Waals surface area (Å²) in [6.07, 6.45) is 2.39. The molecule has 106 valence electrons. The predicted octanol–water partition coefficient (Wildman–Crippen LogP) is 1.31. The van der Waals surface area contributed by atoms with Gasteiger partial charge < -0.3 is 4.74 Å². The minimum atomic E-state index is -3.41. The fraction of sp³-hybridized carbons (Fsp3) is 0.462. The van der Waals surface area contributed by atoms with Crippen LogP contribution >= 0.6 is 0 Å². The third-order valence-corrected chi connectivity index (χ3v) is 3.21. The molecule has 0 aromatic heterocycles. The van der Waals surface area contributed by atoms with E-state index in [1.165, 1.54) is 7.11 Å². The summed E-state index contributed by atoms with van der Waals surface area (Å²) < 4.78 is 31.1. The highest BCUT2D eigenvalue weighted by Crippen LogP contribution is 2.12. The van der Waals surface area contributed by atoms with Crippen molar-refractivity contribution in [3.8, 4) is 0 Å². The number of esters is 1. The van der Waals surface area contributed by atoms with Crippen molar-refractivity contribution in [1.82, 2.24) is 0 Å². The standard InChI is InChI=1S/C13H18O5S/c1-17-13(14)8-7-11-5-3-4-6-12(11)9-10-18-19(2,15)16/h3-6H,7-10H2,1-2H3. The Hall–Kier alpha value is -1.40. The van der Waals surface area contributed by atoms with Crippen LogP contribution in [0.15, 0.2) is 24.3 Å². The number of hydrogen-bond acceptors (Lipinski definition) is 5. The summed E-state index contributed by atoms with van der Waals surface area (Å²) in [7, 11) is -2.06. The van der Waals surface area contributed by atoms with Crippen LogP contribution in [0.25, 0.3) is 0 Å². The first-order valence-electron chi connectivity index (χ1n) is 5.90. The molecule has 19 heavy (non-hydrogen) atoms. The van der Waals surface area contributed by atoms with Gasteiger partial charge in [0.2, 0.25) is 0 Å². The Morgan fingerprint density at radius 2 is 1.74 bits per heavy atom. The number of aryl methyl sites for hydroxylation is 1. The molecule has 6 heteroatoms. The van der Waals surface area contributed by atoms with E-state index in [1.807, 2.05) is 24.3 Å². The molecule has 1 aromatic carbocycles. The lowest BCUT2D eigenvalue weighted by molar-refractivity contribution is -0.140. The molecule has 0 N–H and O–H groups in total. The SMILES string of the molecule is COC(=O)CCc1ccccc1CCOS(C)(=O)=O. The van der Waals surface area contributed by atoms with E-state index in [-0.39, 0.29) is 12.6 Å². The maximum absolute atomic E-state index is 11.1. The van der Waals surface area contributed by atoms with E-state index < -0.39 is 10.1 Å². The molecular weight excluding hydrogens is 268 g/mol. The van der Waals surface area contributed by atoms with Gasteiger partial charge in [0.1, 0.15) is 0 Å². The average molecular weight is 286 g/mol. The van der Waals surface area contributed by atoms with Crippen molar-refractivity contribution in [2.24, 2.45) is 0 Å². The second-order valence-corrected chi connectivity index (χ2v) is 5.76. The number of hydrogen-bond donors (Lipinski definition) is 0.